The van der Waals surface area contributed by atoms with E-state index in [1.807, 2.05) is 56.3 Å². The lowest BCUT2D eigenvalue weighted by molar-refractivity contribution is -0.148. The summed E-state index contributed by atoms with van der Waals surface area (Å²) in [5.74, 6) is -0.821. The Morgan fingerprint density at radius 2 is 1.79 bits per heavy atom. The van der Waals surface area contributed by atoms with Gasteiger partial charge in [-0.3, -0.25) is 9.59 Å². The standard InChI is InChI=1S/C22H22ClN3O3/c1-15(2)24-20(27)14-29-21(28)12-17-13-26(19-6-4-3-5-7-19)25-22(17)16-8-10-18(23)11-9-16/h3-11,13,15H,12,14H2,1-2H3,(H,24,27). The average molecular weight is 412 g/mol. The van der Waals surface area contributed by atoms with E-state index in [9.17, 15) is 9.59 Å². The van der Waals surface area contributed by atoms with Crippen molar-refractivity contribution in [3.8, 4) is 16.9 Å². The molecule has 6 nitrogen and oxygen atoms in total. The van der Waals surface area contributed by atoms with E-state index in [1.54, 1.807) is 23.0 Å². The zero-order valence-corrected chi connectivity index (χ0v) is 17.0. The summed E-state index contributed by atoms with van der Waals surface area (Å²) in [6.07, 6.45) is 1.80. The van der Waals surface area contributed by atoms with Crippen molar-refractivity contribution in [1.29, 1.82) is 0 Å². The van der Waals surface area contributed by atoms with E-state index in [-0.39, 0.29) is 25.0 Å². The van der Waals surface area contributed by atoms with Crippen LogP contribution in [0.15, 0.2) is 60.8 Å². The second-order valence-corrected chi connectivity index (χ2v) is 7.29. The lowest BCUT2D eigenvalue weighted by Gasteiger charge is -2.09. The van der Waals surface area contributed by atoms with Crippen LogP contribution in [0.4, 0.5) is 0 Å². The number of rotatable bonds is 7. The van der Waals surface area contributed by atoms with Crippen LogP contribution in [0, 0.1) is 0 Å². The highest BCUT2D eigenvalue weighted by Gasteiger charge is 2.17. The summed E-state index contributed by atoms with van der Waals surface area (Å²) in [6, 6.07) is 16.9. The van der Waals surface area contributed by atoms with Gasteiger partial charge in [-0.2, -0.15) is 5.10 Å². The number of carbonyl (C=O) groups is 2. The molecular formula is C22H22ClN3O3. The molecule has 1 aromatic heterocycles. The summed E-state index contributed by atoms with van der Waals surface area (Å²) in [6.45, 7) is 3.38. The van der Waals surface area contributed by atoms with Crippen molar-refractivity contribution >= 4 is 23.5 Å². The van der Waals surface area contributed by atoms with Crippen LogP contribution < -0.4 is 5.32 Å². The fourth-order valence-electron chi connectivity index (χ4n) is 2.82. The summed E-state index contributed by atoms with van der Waals surface area (Å²) in [5.41, 5.74) is 3.07. The van der Waals surface area contributed by atoms with E-state index in [0.717, 1.165) is 11.3 Å². The number of ether oxygens (including phenoxy) is 1. The number of esters is 1. The van der Waals surface area contributed by atoms with Gasteiger partial charge in [0, 0.05) is 28.4 Å². The first-order valence-electron chi connectivity index (χ1n) is 9.27. The maximum Gasteiger partial charge on any atom is 0.310 e. The Hall–Kier alpha value is -3.12. The van der Waals surface area contributed by atoms with Crippen molar-refractivity contribution in [2.45, 2.75) is 26.3 Å². The second-order valence-electron chi connectivity index (χ2n) is 6.85. The molecule has 0 aliphatic heterocycles. The molecule has 1 heterocycles. The van der Waals surface area contributed by atoms with Gasteiger partial charge >= 0.3 is 5.97 Å². The smallest absolute Gasteiger partial charge is 0.310 e. The molecule has 3 rings (SSSR count). The lowest BCUT2D eigenvalue weighted by Crippen LogP contribution is -2.34. The zero-order valence-electron chi connectivity index (χ0n) is 16.3. The quantitative estimate of drug-likeness (QED) is 0.600. The van der Waals surface area contributed by atoms with Crippen LogP contribution in [-0.2, 0) is 20.7 Å². The Balaban J connectivity index is 1.82. The molecule has 29 heavy (non-hydrogen) atoms. The minimum atomic E-state index is -0.494. The van der Waals surface area contributed by atoms with Crippen molar-refractivity contribution < 1.29 is 14.3 Å². The molecule has 1 N–H and O–H groups in total. The molecule has 0 fully saturated rings. The molecule has 0 aliphatic carbocycles. The highest BCUT2D eigenvalue weighted by atomic mass is 35.5. The Labute approximate surface area is 174 Å². The first-order chi connectivity index (χ1) is 13.9. The molecule has 7 heteroatoms. The normalized spacial score (nSPS) is 10.8. The molecule has 0 bridgehead atoms. The van der Waals surface area contributed by atoms with E-state index in [0.29, 0.717) is 16.3 Å². The molecule has 0 atom stereocenters. The van der Waals surface area contributed by atoms with Crippen LogP contribution in [0.5, 0.6) is 0 Å². The SMILES string of the molecule is CC(C)NC(=O)COC(=O)Cc1cn(-c2ccccc2)nc1-c1ccc(Cl)cc1. The number of hydrogen-bond acceptors (Lipinski definition) is 4. The number of benzene rings is 2. The number of nitrogens with one attached hydrogen (secondary N) is 1. The van der Waals surface area contributed by atoms with E-state index in [2.05, 4.69) is 10.4 Å². The van der Waals surface area contributed by atoms with Gasteiger partial charge in [0.2, 0.25) is 0 Å². The predicted molar refractivity (Wildman–Crippen MR) is 112 cm³/mol. The maximum absolute atomic E-state index is 12.3. The minimum absolute atomic E-state index is 0.000246. The average Bonchev–Trinajstić information content (AvgIpc) is 3.11. The van der Waals surface area contributed by atoms with Gasteiger partial charge in [0.25, 0.3) is 5.91 Å². The van der Waals surface area contributed by atoms with Crippen LogP contribution >= 0.6 is 11.6 Å². The number of carbonyl (C=O) groups excluding carboxylic acids is 2. The molecule has 0 unspecified atom stereocenters. The van der Waals surface area contributed by atoms with Crippen molar-refractivity contribution in [3.63, 3.8) is 0 Å². The monoisotopic (exact) mass is 411 g/mol. The van der Waals surface area contributed by atoms with Gasteiger partial charge in [0.1, 0.15) is 0 Å². The first-order valence-corrected chi connectivity index (χ1v) is 9.65. The molecule has 0 saturated carbocycles. The summed E-state index contributed by atoms with van der Waals surface area (Å²) < 4.78 is 6.84. The molecule has 2 aromatic carbocycles. The number of para-hydroxylation sites is 1. The fourth-order valence-corrected chi connectivity index (χ4v) is 2.95. The van der Waals surface area contributed by atoms with Crippen molar-refractivity contribution in [2.75, 3.05) is 6.61 Å². The second kappa shape index (κ2) is 9.39. The van der Waals surface area contributed by atoms with Crippen molar-refractivity contribution in [3.05, 3.63) is 71.4 Å². The number of halogens is 1. The van der Waals surface area contributed by atoms with Gasteiger partial charge in [-0.25, -0.2) is 4.68 Å². The largest absolute Gasteiger partial charge is 0.455 e. The van der Waals surface area contributed by atoms with Crippen LogP contribution in [0.1, 0.15) is 19.4 Å². The van der Waals surface area contributed by atoms with Gasteiger partial charge in [-0.05, 0) is 38.1 Å². The summed E-state index contributed by atoms with van der Waals surface area (Å²) in [7, 11) is 0. The maximum atomic E-state index is 12.3. The van der Waals surface area contributed by atoms with Gasteiger partial charge in [0.15, 0.2) is 6.61 Å². The Morgan fingerprint density at radius 3 is 2.45 bits per heavy atom. The van der Waals surface area contributed by atoms with E-state index < -0.39 is 5.97 Å². The van der Waals surface area contributed by atoms with Gasteiger partial charge in [-0.15, -0.1) is 0 Å². The fraction of sp³-hybridized carbons (Fsp3) is 0.227. The molecule has 3 aromatic rings. The predicted octanol–water partition coefficient (Wildman–Crippen LogP) is 3.80. The molecule has 0 radical (unpaired) electrons. The van der Waals surface area contributed by atoms with Crippen LogP contribution in [0.3, 0.4) is 0 Å². The Kier molecular flexibility index (Phi) is 6.67. The van der Waals surface area contributed by atoms with Crippen LogP contribution in [0.25, 0.3) is 16.9 Å². The number of nitrogens with zero attached hydrogens (tertiary/aromatic N) is 2. The molecule has 0 aliphatic rings. The molecule has 150 valence electrons. The number of aromatic nitrogens is 2. The van der Waals surface area contributed by atoms with Gasteiger partial charge in [-0.1, -0.05) is 41.9 Å². The number of amides is 1. The molecule has 1 amide bonds. The highest BCUT2D eigenvalue weighted by molar-refractivity contribution is 6.30. The highest BCUT2D eigenvalue weighted by Crippen LogP contribution is 2.26. The van der Waals surface area contributed by atoms with Gasteiger partial charge < -0.3 is 10.1 Å². The Morgan fingerprint density at radius 1 is 1.10 bits per heavy atom. The van der Waals surface area contributed by atoms with E-state index in [4.69, 9.17) is 16.3 Å². The third-order valence-electron chi connectivity index (χ3n) is 4.08. The Bertz CT molecular complexity index is 982. The van der Waals surface area contributed by atoms with E-state index in [1.165, 1.54) is 0 Å². The third kappa shape index (κ3) is 5.68. The third-order valence-corrected chi connectivity index (χ3v) is 4.33. The van der Waals surface area contributed by atoms with E-state index >= 15 is 0 Å². The molecule has 0 spiro atoms. The summed E-state index contributed by atoms with van der Waals surface area (Å²) >= 11 is 5.99. The zero-order chi connectivity index (χ0) is 20.8. The lowest BCUT2D eigenvalue weighted by atomic mass is 10.1. The summed E-state index contributed by atoms with van der Waals surface area (Å²) in [5, 5.41) is 7.96. The molecule has 0 saturated heterocycles. The van der Waals surface area contributed by atoms with Gasteiger partial charge in [0.05, 0.1) is 17.8 Å². The van der Waals surface area contributed by atoms with Crippen molar-refractivity contribution in [1.82, 2.24) is 15.1 Å². The van der Waals surface area contributed by atoms with Crippen molar-refractivity contribution in [2.24, 2.45) is 0 Å². The minimum Gasteiger partial charge on any atom is -0.455 e. The first kappa shape index (κ1) is 20.6. The summed E-state index contributed by atoms with van der Waals surface area (Å²) in [4.78, 5) is 24.0. The topological polar surface area (TPSA) is 73.2 Å². The van der Waals surface area contributed by atoms with Crippen LogP contribution in [-0.4, -0.2) is 34.3 Å². The van der Waals surface area contributed by atoms with Crippen LogP contribution in [0.2, 0.25) is 5.02 Å². The molecular weight excluding hydrogens is 390 g/mol. The number of hydrogen-bond donors (Lipinski definition) is 1.